The molecular formula is C36H50N8O18S4. The van der Waals surface area contributed by atoms with Crippen molar-refractivity contribution in [1.29, 1.82) is 0 Å². The Balaban J connectivity index is 2.97. The van der Waals surface area contributed by atoms with Gasteiger partial charge in [0.1, 0.15) is 48.5 Å². The molecule has 6 atom stereocenters. The van der Waals surface area contributed by atoms with Gasteiger partial charge in [-0.05, 0) is 31.0 Å². The van der Waals surface area contributed by atoms with Gasteiger partial charge in [-0.1, -0.05) is 49.2 Å². The number of nitrogens with two attached hydrogens (primary N) is 2. The van der Waals surface area contributed by atoms with Crippen LogP contribution >= 0.6 is 43.2 Å². The zero-order chi connectivity index (χ0) is 49.9. The maximum Gasteiger partial charge on any atom is 0.329 e. The highest BCUT2D eigenvalue weighted by Crippen LogP contribution is 2.28. The molecule has 66 heavy (non-hydrogen) atoms. The summed E-state index contributed by atoms with van der Waals surface area (Å²) in [5.74, 6) is -12.5. The van der Waals surface area contributed by atoms with Gasteiger partial charge >= 0.3 is 35.8 Å². The molecule has 0 radical (unpaired) electrons. The molecule has 0 aliphatic heterocycles. The zero-order valence-electron chi connectivity index (χ0n) is 35.1. The number of hydrogen-bond donors (Lipinski definition) is 12. The first kappa shape index (κ1) is 58.2. The third-order valence-electron chi connectivity index (χ3n) is 8.19. The monoisotopic (exact) mass is 1010 g/mol. The molecule has 1 aromatic carbocycles. The van der Waals surface area contributed by atoms with Crippen LogP contribution in [0.25, 0.3) is 0 Å². The van der Waals surface area contributed by atoms with Crippen molar-refractivity contribution in [2.24, 2.45) is 11.5 Å². The average molecular weight is 1010 g/mol. The minimum atomic E-state index is -1.37. The first-order valence-electron chi connectivity index (χ1n) is 19.0. The second kappa shape index (κ2) is 31.2. The maximum atomic E-state index is 13.3. The number of rotatable bonds is 32. The molecule has 0 aliphatic carbocycles. The van der Waals surface area contributed by atoms with Crippen LogP contribution in [0, 0.1) is 0 Å². The quantitative estimate of drug-likeness (QED) is 0.0192. The fourth-order valence-electron chi connectivity index (χ4n) is 4.64. The van der Waals surface area contributed by atoms with Gasteiger partial charge in [0.25, 0.3) is 11.8 Å². The maximum absolute atomic E-state index is 13.3. The summed E-state index contributed by atoms with van der Waals surface area (Å²) in [6, 6.07) is -1.37. The Morgan fingerprint density at radius 2 is 1.03 bits per heavy atom. The topological polar surface area (TPSA) is 428 Å². The van der Waals surface area contributed by atoms with Crippen molar-refractivity contribution in [3.05, 3.63) is 35.4 Å². The van der Waals surface area contributed by atoms with Crippen LogP contribution in [-0.4, -0.2) is 178 Å². The minimum Gasteiger partial charge on any atom is -0.480 e. The lowest BCUT2D eigenvalue weighted by atomic mass is 10.1. The minimum absolute atomic E-state index is 0.0526. The van der Waals surface area contributed by atoms with Crippen LogP contribution in [0.1, 0.15) is 46.4 Å². The van der Waals surface area contributed by atoms with Gasteiger partial charge in [0.05, 0.1) is 14.2 Å². The normalized spacial score (nSPS) is 13.4. The van der Waals surface area contributed by atoms with Gasteiger partial charge in [0.2, 0.25) is 23.6 Å². The third kappa shape index (κ3) is 23.4. The van der Waals surface area contributed by atoms with Crippen molar-refractivity contribution in [3.63, 3.8) is 0 Å². The molecule has 0 heterocycles. The Labute approximate surface area is 391 Å². The van der Waals surface area contributed by atoms with E-state index in [0.717, 1.165) is 57.4 Å². The highest BCUT2D eigenvalue weighted by Gasteiger charge is 2.28. The van der Waals surface area contributed by atoms with Gasteiger partial charge in [0.15, 0.2) is 0 Å². The average Bonchev–Trinajstić information content (AvgIpc) is 3.28. The third-order valence-corrected chi connectivity index (χ3v) is 13.3. The van der Waals surface area contributed by atoms with Crippen LogP contribution in [0.15, 0.2) is 24.3 Å². The number of esters is 2. The Hall–Kier alpha value is -5.82. The summed E-state index contributed by atoms with van der Waals surface area (Å²) in [6.07, 6.45) is -1.24. The Bertz CT molecular complexity index is 1930. The van der Waals surface area contributed by atoms with E-state index in [1.165, 1.54) is 24.3 Å². The molecule has 0 saturated carbocycles. The molecule has 30 heteroatoms. The molecule has 0 saturated heterocycles. The van der Waals surface area contributed by atoms with Crippen molar-refractivity contribution >= 4 is 114 Å². The number of ether oxygens (including phenoxy) is 2. The van der Waals surface area contributed by atoms with Gasteiger partial charge in [-0.2, -0.15) is 0 Å². The molecule has 6 unspecified atom stereocenters. The molecule has 14 N–H and O–H groups in total. The summed E-state index contributed by atoms with van der Waals surface area (Å²) in [7, 11) is 5.80. The lowest BCUT2D eigenvalue weighted by molar-refractivity contribution is -0.142. The summed E-state index contributed by atoms with van der Waals surface area (Å²) in [6.45, 7) is -1.89. The Morgan fingerprint density at radius 3 is 1.47 bits per heavy atom. The number of methoxy groups -OCH3 is 2. The number of carbonyl (C=O) groups is 12. The fourth-order valence-corrected chi connectivity index (χ4v) is 9.47. The van der Waals surface area contributed by atoms with Crippen LogP contribution in [0.2, 0.25) is 0 Å². The summed E-state index contributed by atoms with van der Waals surface area (Å²) < 4.78 is 9.62. The number of carboxylic acid groups (broad SMARTS) is 4. The molecule has 0 aliphatic rings. The van der Waals surface area contributed by atoms with E-state index in [2.05, 4.69) is 31.9 Å². The number of carbonyl (C=O) groups excluding carboxylic acids is 8. The molecule has 0 spiro atoms. The first-order chi connectivity index (χ1) is 31.1. The SMILES string of the molecule is COC(=O)C(CSSCC(NC(=O)CCC(N)C(=O)O)C(=O)NCC(=O)O)NC(=O)c1cccc(C(=O)NCC(SSCC(NC(=O)CCC(N)C(=O)O)C(=O)NCC(=O)O)C(=O)OC)c1. The van der Waals surface area contributed by atoms with Crippen LogP contribution in [-0.2, 0) is 57.4 Å². The summed E-state index contributed by atoms with van der Waals surface area (Å²) in [5, 5.41) is 48.7. The predicted molar refractivity (Wildman–Crippen MR) is 238 cm³/mol. The number of carboxylic acids is 4. The molecule has 1 rings (SSSR count). The number of amides is 6. The van der Waals surface area contributed by atoms with Crippen molar-refractivity contribution < 1.29 is 87.4 Å². The van der Waals surface area contributed by atoms with Gasteiger partial charge in [-0.25, -0.2) is 4.79 Å². The zero-order valence-corrected chi connectivity index (χ0v) is 38.4. The van der Waals surface area contributed by atoms with Crippen molar-refractivity contribution in [2.45, 2.75) is 61.1 Å². The Kier molecular flexibility index (Phi) is 27.5. The Morgan fingerprint density at radius 1 is 0.591 bits per heavy atom. The molecule has 1 aromatic rings. The van der Waals surface area contributed by atoms with E-state index < -0.39 is 120 Å². The van der Waals surface area contributed by atoms with E-state index in [9.17, 15) is 57.5 Å². The number of nitrogens with one attached hydrogen (secondary N) is 6. The van der Waals surface area contributed by atoms with E-state index in [1.807, 2.05) is 0 Å². The summed E-state index contributed by atoms with van der Waals surface area (Å²) in [5.41, 5.74) is 10.7. The van der Waals surface area contributed by atoms with E-state index in [-0.39, 0.29) is 60.6 Å². The van der Waals surface area contributed by atoms with Gasteiger partial charge in [-0.3, -0.25) is 52.7 Å². The number of benzene rings is 1. The van der Waals surface area contributed by atoms with E-state index >= 15 is 0 Å². The molecule has 0 aromatic heterocycles. The van der Waals surface area contributed by atoms with Gasteiger partial charge in [-0.15, -0.1) is 0 Å². The highest BCUT2D eigenvalue weighted by atomic mass is 33.1. The van der Waals surface area contributed by atoms with E-state index in [4.69, 9.17) is 41.4 Å². The molecule has 0 fully saturated rings. The molecule has 6 amide bonds. The molecule has 26 nitrogen and oxygen atoms in total. The standard InChI is InChI=1S/C36H50N8O18S4/c1-61-35(59)23(16-64-63-14-21(31(53)40-12-27(47)48)42-25(45)8-6-19(37)33(55)56)44-30(52)18-5-3-4-17(10-18)29(51)39-11-24(36(60)62-2)66-65-15-22(32(54)41-13-28(49)50)43-26(46)9-7-20(38)34(57)58/h3-5,10,19-24H,6-9,11-16,37-38H2,1-2H3,(H,39,51)(H,40,53)(H,41,54)(H,42,45)(H,43,46)(H,44,52)(H,47,48)(H,49,50)(H,55,56)(H,57,58). The number of hydrogen-bond acceptors (Lipinski definition) is 20. The van der Waals surface area contributed by atoms with Crippen LogP contribution in [0.3, 0.4) is 0 Å². The van der Waals surface area contributed by atoms with Crippen LogP contribution < -0.4 is 43.4 Å². The highest BCUT2D eigenvalue weighted by molar-refractivity contribution is 8.77. The van der Waals surface area contributed by atoms with Gasteiger partial charge in [0, 0.05) is 47.8 Å². The van der Waals surface area contributed by atoms with Crippen molar-refractivity contribution in [1.82, 2.24) is 31.9 Å². The first-order valence-corrected chi connectivity index (χ1v) is 23.9. The van der Waals surface area contributed by atoms with Crippen molar-refractivity contribution in [2.75, 3.05) is 51.1 Å². The summed E-state index contributed by atoms with van der Waals surface area (Å²) >= 11 is 0. The molecule has 0 bridgehead atoms. The second-order valence-electron chi connectivity index (χ2n) is 13.2. The van der Waals surface area contributed by atoms with Gasteiger partial charge < -0.3 is 73.3 Å². The lowest BCUT2D eigenvalue weighted by Gasteiger charge is -2.20. The van der Waals surface area contributed by atoms with Crippen molar-refractivity contribution in [3.8, 4) is 0 Å². The summed E-state index contributed by atoms with van der Waals surface area (Å²) in [4.78, 5) is 146. The second-order valence-corrected chi connectivity index (χ2v) is 18.4. The molecule has 366 valence electrons. The largest absolute Gasteiger partial charge is 0.480 e. The van der Waals surface area contributed by atoms with E-state index in [0.29, 0.717) is 0 Å². The predicted octanol–water partition coefficient (Wildman–Crippen LogP) is -3.25. The number of aliphatic carboxylic acids is 4. The lowest BCUT2D eigenvalue weighted by Crippen LogP contribution is -2.49. The smallest absolute Gasteiger partial charge is 0.329 e. The molecular weight excluding hydrogens is 961 g/mol. The van der Waals surface area contributed by atoms with Crippen LogP contribution in [0.5, 0.6) is 0 Å². The van der Waals surface area contributed by atoms with Crippen LogP contribution in [0.4, 0.5) is 0 Å². The fraction of sp³-hybridized carbons (Fsp3) is 0.500. The van der Waals surface area contributed by atoms with E-state index in [1.54, 1.807) is 0 Å².